The van der Waals surface area contributed by atoms with Gasteiger partial charge in [0.2, 0.25) is 0 Å². The van der Waals surface area contributed by atoms with Crippen molar-refractivity contribution < 1.29 is 13.7 Å². The summed E-state index contributed by atoms with van der Waals surface area (Å²) in [6.45, 7) is 10.9. The Morgan fingerprint density at radius 1 is 1.25 bits per heavy atom. The molecule has 0 spiro atoms. The van der Waals surface area contributed by atoms with Crippen LogP contribution in [-0.2, 0) is 28.6 Å². The highest BCUT2D eigenvalue weighted by atomic mass is 32.2. The van der Waals surface area contributed by atoms with Crippen LogP contribution in [0.3, 0.4) is 0 Å². The van der Waals surface area contributed by atoms with Crippen molar-refractivity contribution >= 4 is 29.7 Å². The van der Waals surface area contributed by atoms with Gasteiger partial charge in [-0.1, -0.05) is 12.1 Å². The molecule has 1 aliphatic heterocycles. The van der Waals surface area contributed by atoms with Gasteiger partial charge < -0.3 is 9.64 Å². The molecule has 158 valence electrons. The molecule has 1 heterocycles. The maximum absolute atomic E-state index is 12.3. The number of thiol groups is 1. The minimum atomic E-state index is -1.40. The lowest BCUT2D eigenvalue weighted by molar-refractivity contribution is 0.0184. The van der Waals surface area contributed by atoms with Gasteiger partial charge in [0.05, 0.1) is 15.7 Å². The smallest absolute Gasteiger partial charge is 0.410 e. The van der Waals surface area contributed by atoms with Crippen LogP contribution in [0.25, 0.3) is 0 Å². The fourth-order valence-corrected chi connectivity index (χ4v) is 4.11. The van der Waals surface area contributed by atoms with Crippen LogP contribution >= 0.6 is 12.6 Å². The zero-order valence-corrected chi connectivity index (χ0v) is 19.4. The lowest BCUT2D eigenvalue weighted by Gasteiger charge is -2.34. The molecule has 1 saturated heterocycles. The Hall–Kier alpha value is -1.05. The molecule has 0 aromatic heterocycles. The number of ether oxygens (including phenoxy) is 1. The van der Waals surface area contributed by atoms with Gasteiger partial charge in [-0.25, -0.2) is 9.00 Å². The fraction of sp³-hybridized carbons (Fsp3) is 0.667. The zero-order chi connectivity index (χ0) is 21.1. The number of hydrogen-bond donors (Lipinski definition) is 2. The van der Waals surface area contributed by atoms with Gasteiger partial charge in [-0.2, -0.15) is 0 Å². The molecule has 2 rings (SSSR count). The number of nitrogens with zero attached hydrogens (tertiary/aromatic N) is 1. The predicted molar refractivity (Wildman–Crippen MR) is 118 cm³/mol. The summed E-state index contributed by atoms with van der Waals surface area (Å²) in [4.78, 5) is 15.0. The normalized spacial score (nSPS) is 17.5. The van der Waals surface area contributed by atoms with Crippen LogP contribution in [0.15, 0.2) is 23.1 Å². The van der Waals surface area contributed by atoms with Gasteiger partial charge in [-0.3, -0.25) is 5.14 Å². The first-order chi connectivity index (χ1) is 12.9. The van der Waals surface area contributed by atoms with Crippen LogP contribution in [0.2, 0.25) is 0 Å². The third kappa shape index (κ3) is 6.49. The lowest BCUT2D eigenvalue weighted by Crippen LogP contribution is -2.42. The second kappa shape index (κ2) is 9.18. The molecule has 1 aromatic carbocycles. The van der Waals surface area contributed by atoms with E-state index in [1.807, 2.05) is 46.8 Å². The number of likely N-dealkylation sites (tertiary alicyclic amines) is 1. The first-order valence-corrected chi connectivity index (χ1v) is 11.5. The molecule has 1 atom stereocenters. The molecule has 0 aliphatic carbocycles. The van der Waals surface area contributed by atoms with E-state index in [9.17, 15) is 9.00 Å². The number of benzene rings is 1. The number of carbonyl (C=O) groups excluding carboxylic acids is 1. The van der Waals surface area contributed by atoms with E-state index in [1.165, 1.54) is 5.56 Å². The van der Waals surface area contributed by atoms with Crippen molar-refractivity contribution in [3.63, 3.8) is 0 Å². The summed E-state index contributed by atoms with van der Waals surface area (Å²) in [5, 5.41) is 5.68. The third-order valence-corrected chi connectivity index (χ3v) is 6.82. The summed E-state index contributed by atoms with van der Waals surface area (Å²) in [6, 6.07) is 6.07. The molecule has 1 fully saturated rings. The molecule has 0 bridgehead atoms. The highest BCUT2D eigenvalue weighted by Gasteiger charge is 2.29. The molecule has 28 heavy (non-hydrogen) atoms. The lowest BCUT2D eigenvalue weighted by atomic mass is 9.86. The van der Waals surface area contributed by atoms with Gasteiger partial charge in [0.25, 0.3) is 0 Å². The Bertz CT molecular complexity index is 721. The van der Waals surface area contributed by atoms with Gasteiger partial charge in [-0.15, -0.1) is 12.6 Å². The second-order valence-corrected chi connectivity index (χ2v) is 11.4. The molecule has 1 aromatic rings. The zero-order valence-electron chi connectivity index (χ0n) is 17.7. The largest absolute Gasteiger partial charge is 0.444 e. The fourth-order valence-electron chi connectivity index (χ4n) is 3.49. The van der Waals surface area contributed by atoms with Crippen molar-refractivity contribution in [1.82, 2.24) is 4.90 Å². The number of nitrogens with two attached hydrogens (primary N) is 1. The van der Waals surface area contributed by atoms with Crippen LogP contribution in [0.1, 0.15) is 58.6 Å². The molecule has 1 unspecified atom stereocenters. The molecule has 0 radical (unpaired) electrons. The van der Waals surface area contributed by atoms with Crippen molar-refractivity contribution in [3.05, 3.63) is 29.3 Å². The second-order valence-electron chi connectivity index (χ2n) is 9.26. The minimum absolute atomic E-state index is 0.228. The Morgan fingerprint density at radius 2 is 1.86 bits per heavy atom. The summed E-state index contributed by atoms with van der Waals surface area (Å²) in [6.07, 6.45) is 3.20. The van der Waals surface area contributed by atoms with Crippen LogP contribution in [-0.4, -0.2) is 38.6 Å². The molecule has 1 amide bonds. The van der Waals surface area contributed by atoms with E-state index in [2.05, 4.69) is 18.7 Å². The van der Waals surface area contributed by atoms with E-state index < -0.39 is 21.3 Å². The van der Waals surface area contributed by atoms with Crippen molar-refractivity contribution in [1.29, 1.82) is 0 Å². The number of hydrogen-bond acceptors (Lipinski definition) is 4. The Morgan fingerprint density at radius 3 is 2.39 bits per heavy atom. The average molecular weight is 427 g/mol. The monoisotopic (exact) mass is 426 g/mol. The Balaban J connectivity index is 2.03. The number of amides is 1. The van der Waals surface area contributed by atoms with Gasteiger partial charge in [-0.05, 0) is 83.4 Å². The van der Waals surface area contributed by atoms with E-state index in [4.69, 9.17) is 9.88 Å². The van der Waals surface area contributed by atoms with Crippen molar-refractivity contribution in [2.24, 2.45) is 11.1 Å². The molecule has 2 N–H and O–H groups in total. The topological polar surface area (TPSA) is 72.6 Å². The maximum Gasteiger partial charge on any atom is 0.410 e. The first-order valence-electron chi connectivity index (χ1n) is 9.83. The summed E-state index contributed by atoms with van der Waals surface area (Å²) < 4.78 is 16.9. The standard InChI is InChI=1S/C21H34N2O3S2/c1-20(2,3)26-19(24)23-11-9-15(10-12-23)13-17-16(7-6-8-18(17)27)14-21(4,5)28(22)25/h6-8,15,27H,9-14,22H2,1-5H3. The summed E-state index contributed by atoms with van der Waals surface area (Å²) in [5.41, 5.74) is 1.90. The molecular weight excluding hydrogens is 392 g/mol. The van der Waals surface area contributed by atoms with Gasteiger partial charge in [0.1, 0.15) is 5.60 Å². The molecule has 0 saturated carbocycles. The van der Waals surface area contributed by atoms with Crippen LogP contribution < -0.4 is 5.14 Å². The quantitative estimate of drug-likeness (QED) is 0.696. The maximum atomic E-state index is 12.3. The SMILES string of the molecule is CC(C)(C)OC(=O)N1CCC(Cc2c(S)cccc2CC(C)(C)S(N)=O)CC1. The number of carbonyl (C=O) groups is 1. The van der Waals surface area contributed by atoms with E-state index >= 15 is 0 Å². The first kappa shape index (κ1) is 23.2. The van der Waals surface area contributed by atoms with E-state index in [0.717, 1.165) is 29.7 Å². The van der Waals surface area contributed by atoms with Crippen molar-refractivity contribution in [2.45, 2.75) is 75.5 Å². The molecular formula is C21H34N2O3S2. The number of piperidine rings is 1. The van der Waals surface area contributed by atoms with Gasteiger partial charge >= 0.3 is 6.09 Å². The van der Waals surface area contributed by atoms with Gasteiger partial charge in [0.15, 0.2) is 0 Å². The van der Waals surface area contributed by atoms with Crippen LogP contribution in [0.4, 0.5) is 4.79 Å². The Labute approximate surface area is 177 Å². The summed E-state index contributed by atoms with van der Waals surface area (Å²) >= 11 is 4.67. The van der Waals surface area contributed by atoms with Crippen LogP contribution in [0.5, 0.6) is 0 Å². The van der Waals surface area contributed by atoms with Crippen molar-refractivity contribution in [3.8, 4) is 0 Å². The minimum Gasteiger partial charge on any atom is -0.444 e. The third-order valence-electron chi connectivity index (χ3n) is 5.17. The number of rotatable bonds is 5. The summed E-state index contributed by atoms with van der Waals surface area (Å²) in [7, 11) is -1.40. The molecule has 5 nitrogen and oxygen atoms in total. The van der Waals surface area contributed by atoms with Gasteiger partial charge in [0, 0.05) is 18.0 Å². The molecule has 7 heteroatoms. The highest BCUT2D eigenvalue weighted by Crippen LogP contribution is 2.30. The van der Waals surface area contributed by atoms with E-state index in [-0.39, 0.29) is 6.09 Å². The Kier molecular flexibility index (Phi) is 7.62. The van der Waals surface area contributed by atoms with E-state index in [0.29, 0.717) is 25.4 Å². The average Bonchev–Trinajstić information content (AvgIpc) is 2.56. The van der Waals surface area contributed by atoms with E-state index in [1.54, 1.807) is 4.90 Å². The summed E-state index contributed by atoms with van der Waals surface area (Å²) in [5.74, 6) is 0.484. The highest BCUT2D eigenvalue weighted by molar-refractivity contribution is 7.84. The molecule has 1 aliphatic rings. The van der Waals surface area contributed by atoms with Crippen molar-refractivity contribution in [2.75, 3.05) is 13.1 Å². The predicted octanol–water partition coefficient (Wildman–Crippen LogP) is 4.11. The van der Waals surface area contributed by atoms with Crippen LogP contribution in [0, 0.1) is 5.92 Å².